The number of aliphatic hydroxyl groups is 2. The third kappa shape index (κ3) is 2.92. The number of anilines is 1. The molecular weight excluding hydrogens is 314 g/mol. The van der Waals surface area contributed by atoms with Crippen LogP contribution >= 0.6 is 0 Å². The van der Waals surface area contributed by atoms with Crippen molar-refractivity contribution in [2.45, 2.75) is 37.4 Å². The maximum atomic E-state index is 10.6. The van der Waals surface area contributed by atoms with Crippen molar-refractivity contribution in [1.82, 2.24) is 19.5 Å². The van der Waals surface area contributed by atoms with Gasteiger partial charge in [-0.15, -0.1) is 12.3 Å². The number of nitrogen functional groups attached to an aromatic ring is 1. The number of ether oxygens (including phenoxy) is 2. The second-order valence-corrected chi connectivity index (χ2v) is 5.46. The Kier molecular flexibility index (Phi) is 4.92. The van der Waals surface area contributed by atoms with E-state index in [1.165, 1.54) is 12.7 Å². The predicted octanol–water partition coefficient (Wildman–Crippen LogP) is -0.542. The number of aliphatic hydroxyl groups excluding tert-OH is 2. The molecule has 0 amide bonds. The van der Waals surface area contributed by atoms with Crippen LogP contribution in [0.1, 0.15) is 19.1 Å². The van der Waals surface area contributed by atoms with Crippen molar-refractivity contribution in [1.29, 1.82) is 0 Å². The summed E-state index contributed by atoms with van der Waals surface area (Å²) in [5.41, 5.74) is 6.63. The van der Waals surface area contributed by atoms with Gasteiger partial charge in [-0.05, 0) is 6.42 Å². The number of fused-ring (bicyclic) bond motifs is 1. The van der Waals surface area contributed by atoms with Crippen LogP contribution in [0.25, 0.3) is 11.2 Å². The van der Waals surface area contributed by atoms with Gasteiger partial charge in [0, 0.05) is 13.0 Å². The normalized spacial score (nSPS) is 26.7. The van der Waals surface area contributed by atoms with Crippen molar-refractivity contribution in [2.24, 2.45) is 0 Å². The van der Waals surface area contributed by atoms with Crippen LogP contribution in [0, 0.1) is 12.3 Å². The number of unbranched alkanes of at least 4 members (excludes halogenated alkanes) is 1. The number of hydrogen-bond acceptors (Lipinski definition) is 8. The molecule has 0 unspecified atom stereocenters. The van der Waals surface area contributed by atoms with E-state index in [1.54, 1.807) is 4.57 Å². The van der Waals surface area contributed by atoms with Gasteiger partial charge >= 0.3 is 0 Å². The molecule has 1 saturated heterocycles. The quantitative estimate of drug-likeness (QED) is 0.475. The first kappa shape index (κ1) is 16.6. The smallest absolute Gasteiger partial charge is 0.167 e. The Morgan fingerprint density at radius 1 is 1.42 bits per heavy atom. The zero-order valence-electron chi connectivity index (χ0n) is 12.9. The van der Waals surface area contributed by atoms with Crippen molar-refractivity contribution >= 4 is 17.0 Å². The van der Waals surface area contributed by atoms with Crippen LogP contribution in [0.15, 0.2) is 12.7 Å². The monoisotopic (exact) mass is 333 g/mol. The lowest BCUT2D eigenvalue weighted by molar-refractivity contribution is -0.0606. The number of rotatable bonds is 6. The van der Waals surface area contributed by atoms with Crippen molar-refractivity contribution in [2.75, 3.05) is 18.9 Å². The van der Waals surface area contributed by atoms with Gasteiger partial charge in [0.1, 0.15) is 30.2 Å². The van der Waals surface area contributed by atoms with E-state index in [9.17, 15) is 10.2 Å². The number of aromatic nitrogens is 4. The fourth-order valence-electron chi connectivity index (χ4n) is 2.75. The minimum absolute atomic E-state index is 0.243. The van der Waals surface area contributed by atoms with Crippen LogP contribution < -0.4 is 5.73 Å². The molecule has 128 valence electrons. The SMILES string of the molecule is C#CCCCO[C@H]1[C@@H](O)[C@H](n2cnc3c(N)ncnc32)O[C@@H]1CO. The van der Waals surface area contributed by atoms with Crippen LogP contribution in [0.4, 0.5) is 5.82 Å². The summed E-state index contributed by atoms with van der Waals surface area (Å²) in [6.45, 7) is 0.0927. The van der Waals surface area contributed by atoms with Gasteiger partial charge in [0.05, 0.1) is 12.9 Å². The Bertz CT molecular complexity index is 743. The zero-order chi connectivity index (χ0) is 17.1. The topological polar surface area (TPSA) is 129 Å². The summed E-state index contributed by atoms with van der Waals surface area (Å²) in [7, 11) is 0. The second kappa shape index (κ2) is 7.11. The molecule has 9 heteroatoms. The van der Waals surface area contributed by atoms with Gasteiger partial charge in [-0.25, -0.2) is 15.0 Å². The van der Waals surface area contributed by atoms with E-state index in [0.29, 0.717) is 30.6 Å². The number of nitrogens with two attached hydrogens (primary N) is 1. The van der Waals surface area contributed by atoms with Gasteiger partial charge in [0.2, 0.25) is 0 Å². The van der Waals surface area contributed by atoms with E-state index in [2.05, 4.69) is 20.9 Å². The maximum Gasteiger partial charge on any atom is 0.167 e. The summed E-state index contributed by atoms with van der Waals surface area (Å²) in [6, 6.07) is 0. The third-order valence-corrected chi connectivity index (χ3v) is 3.93. The zero-order valence-corrected chi connectivity index (χ0v) is 12.9. The minimum Gasteiger partial charge on any atom is -0.394 e. The Morgan fingerprint density at radius 2 is 2.25 bits per heavy atom. The molecule has 1 aliphatic heterocycles. The van der Waals surface area contributed by atoms with E-state index in [1.807, 2.05) is 0 Å². The lowest BCUT2D eigenvalue weighted by Crippen LogP contribution is -2.36. The molecule has 4 atom stereocenters. The lowest BCUT2D eigenvalue weighted by atomic mass is 10.1. The Hall–Kier alpha value is -2.25. The molecule has 4 N–H and O–H groups in total. The van der Waals surface area contributed by atoms with Crippen LogP contribution in [0.2, 0.25) is 0 Å². The molecule has 2 aromatic rings. The molecule has 24 heavy (non-hydrogen) atoms. The lowest BCUT2D eigenvalue weighted by Gasteiger charge is -2.19. The molecule has 9 nitrogen and oxygen atoms in total. The third-order valence-electron chi connectivity index (χ3n) is 3.93. The van der Waals surface area contributed by atoms with Crippen LogP contribution in [0.5, 0.6) is 0 Å². The first-order valence-electron chi connectivity index (χ1n) is 7.59. The fourth-order valence-corrected chi connectivity index (χ4v) is 2.75. The number of imidazole rings is 1. The molecule has 3 rings (SSSR count). The first-order valence-corrected chi connectivity index (χ1v) is 7.59. The highest BCUT2D eigenvalue weighted by Crippen LogP contribution is 2.33. The number of nitrogens with zero attached hydrogens (tertiary/aromatic N) is 4. The summed E-state index contributed by atoms with van der Waals surface area (Å²) >= 11 is 0. The van der Waals surface area contributed by atoms with Crippen LogP contribution in [-0.4, -0.2) is 61.3 Å². The van der Waals surface area contributed by atoms with Crippen molar-refractivity contribution in [3.05, 3.63) is 12.7 Å². The summed E-state index contributed by atoms with van der Waals surface area (Å²) in [4.78, 5) is 12.2. The van der Waals surface area contributed by atoms with E-state index in [4.69, 9.17) is 21.6 Å². The highest BCUT2D eigenvalue weighted by Gasteiger charge is 2.45. The van der Waals surface area contributed by atoms with Gasteiger partial charge in [-0.2, -0.15) is 0 Å². The molecule has 1 aliphatic rings. The Labute approximate surface area is 138 Å². The van der Waals surface area contributed by atoms with Crippen LogP contribution in [-0.2, 0) is 9.47 Å². The molecule has 3 heterocycles. The first-order chi connectivity index (χ1) is 11.7. The average molecular weight is 333 g/mol. The van der Waals surface area contributed by atoms with E-state index < -0.39 is 24.5 Å². The van der Waals surface area contributed by atoms with E-state index in [0.717, 1.165) is 0 Å². The molecule has 0 radical (unpaired) electrons. The second-order valence-electron chi connectivity index (χ2n) is 5.46. The highest BCUT2D eigenvalue weighted by atomic mass is 16.6. The van der Waals surface area contributed by atoms with Gasteiger partial charge < -0.3 is 25.4 Å². The summed E-state index contributed by atoms with van der Waals surface area (Å²) in [5.74, 6) is 2.77. The molecule has 0 saturated carbocycles. The van der Waals surface area contributed by atoms with Crippen molar-refractivity contribution in [3.63, 3.8) is 0 Å². The van der Waals surface area contributed by atoms with Crippen molar-refractivity contribution in [3.8, 4) is 12.3 Å². The molecule has 1 fully saturated rings. The molecule has 0 aromatic carbocycles. The molecule has 0 spiro atoms. The minimum atomic E-state index is -0.999. The summed E-state index contributed by atoms with van der Waals surface area (Å²) in [6.07, 6.45) is 6.11. The van der Waals surface area contributed by atoms with Crippen LogP contribution in [0.3, 0.4) is 0 Å². The molecule has 0 bridgehead atoms. The van der Waals surface area contributed by atoms with Gasteiger partial charge in [0.25, 0.3) is 0 Å². The number of terminal acetylenes is 1. The highest BCUT2D eigenvalue weighted by molar-refractivity contribution is 5.81. The Morgan fingerprint density at radius 3 is 3.00 bits per heavy atom. The van der Waals surface area contributed by atoms with Gasteiger partial charge in [-0.1, -0.05) is 0 Å². The van der Waals surface area contributed by atoms with E-state index in [-0.39, 0.29) is 12.4 Å². The summed E-state index contributed by atoms with van der Waals surface area (Å²) in [5, 5.41) is 20.1. The van der Waals surface area contributed by atoms with Gasteiger partial charge in [-0.3, -0.25) is 4.57 Å². The van der Waals surface area contributed by atoms with Crippen molar-refractivity contribution < 1.29 is 19.7 Å². The maximum absolute atomic E-state index is 10.6. The number of hydrogen-bond donors (Lipinski definition) is 3. The average Bonchev–Trinajstić information content (AvgIpc) is 3.14. The molecule has 2 aromatic heterocycles. The Balaban J connectivity index is 1.81. The molecule has 0 aliphatic carbocycles. The molecular formula is C15H19N5O4. The fraction of sp³-hybridized carbons (Fsp3) is 0.533. The largest absolute Gasteiger partial charge is 0.394 e. The summed E-state index contributed by atoms with van der Waals surface area (Å²) < 4.78 is 13.0. The van der Waals surface area contributed by atoms with E-state index >= 15 is 0 Å². The predicted molar refractivity (Wildman–Crippen MR) is 84.5 cm³/mol. The van der Waals surface area contributed by atoms with Gasteiger partial charge in [0.15, 0.2) is 17.7 Å². The standard InChI is InChI=1S/C15H19N5O4/c1-2-3-4-5-23-12-9(6-21)24-15(11(12)22)20-8-19-10-13(16)17-7-18-14(10)20/h1,7-9,11-12,15,21-22H,3-6H2,(H2,16,17,18)/t9-,11-,12-,15-/m1/s1.